The first-order valence-corrected chi connectivity index (χ1v) is 10.7. The molecule has 13 heteroatoms. The van der Waals surface area contributed by atoms with Gasteiger partial charge in [0, 0.05) is 34.9 Å². The second kappa shape index (κ2) is 10.2. The first kappa shape index (κ1) is 22.4. The number of morpholine rings is 1. The van der Waals surface area contributed by atoms with E-state index in [2.05, 4.69) is 46.7 Å². The molecule has 2 aromatic carbocycles. The standard InChI is InChI=1S/C20H19BrN8O4/c21-14-4-2-5-15(11-14)23-18-24-19(26-20(25-18)28-7-9-33-10-8-28)27-22-12-13-3-1-6-16(17(13)30)29(31)32/h1-6,11-12,30H,7-10H2,(H2,23,24,25,26,27)/b22-12+. The number of phenols is 1. The molecule has 1 fully saturated rings. The third kappa shape index (κ3) is 5.70. The second-order valence-corrected chi connectivity index (χ2v) is 7.78. The number of aromatic hydroxyl groups is 1. The van der Waals surface area contributed by atoms with E-state index in [4.69, 9.17) is 4.74 Å². The fourth-order valence-corrected chi connectivity index (χ4v) is 3.43. The quantitative estimate of drug-likeness (QED) is 0.243. The number of hydrogen-bond donors (Lipinski definition) is 3. The molecule has 0 spiro atoms. The summed E-state index contributed by atoms with van der Waals surface area (Å²) in [4.78, 5) is 25.6. The van der Waals surface area contributed by atoms with Crippen molar-refractivity contribution in [2.75, 3.05) is 41.9 Å². The number of benzene rings is 2. The zero-order valence-corrected chi connectivity index (χ0v) is 18.8. The van der Waals surface area contributed by atoms with Gasteiger partial charge >= 0.3 is 5.69 Å². The molecule has 0 radical (unpaired) electrons. The van der Waals surface area contributed by atoms with E-state index in [0.29, 0.717) is 38.2 Å². The Morgan fingerprint density at radius 3 is 2.67 bits per heavy atom. The van der Waals surface area contributed by atoms with Crippen LogP contribution >= 0.6 is 15.9 Å². The van der Waals surface area contributed by atoms with Crippen molar-refractivity contribution in [3.8, 4) is 5.75 Å². The number of nitrogens with zero attached hydrogens (tertiary/aromatic N) is 6. The van der Waals surface area contributed by atoms with E-state index in [1.165, 1.54) is 24.4 Å². The molecule has 4 rings (SSSR count). The second-order valence-electron chi connectivity index (χ2n) is 6.86. The molecular weight excluding hydrogens is 496 g/mol. The van der Waals surface area contributed by atoms with Gasteiger partial charge in [-0.1, -0.05) is 28.1 Å². The highest BCUT2D eigenvalue weighted by Gasteiger charge is 2.17. The van der Waals surface area contributed by atoms with E-state index in [1.807, 2.05) is 29.2 Å². The fourth-order valence-electron chi connectivity index (χ4n) is 3.03. The number of hydrogen-bond acceptors (Lipinski definition) is 11. The van der Waals surface area contributed by atoms with Crippen LogP contribution in [-0.4, -0.2) is 57.5 Å². The summed E-state index contributed by atoms with van der Waals surface area (Å²) in [7, 11) is 0. The number of nitro groups is 1. The molecule has 1 aromatic heterocycles. The van der Waals surface area contributed by atoms with Crippen molar-refractivity contribution in [2.45, 2.75) is 0 Å². The summed E-state index contributed by atoms with van der Waals surface area (Å²) < 4.78 is 6.30. The maximum Gasteiger partial charge on any atom is 0.311 e. The summed E-state index contributed by atoms with van der Waals surface area (Å²) >= 11 is 3.43. The molecule has 3 N–H and O–H groups in total. The minimum absolute atomic E-state index is 0.158. The van der Waals surface area contributed by atoms with Gasteiger partial charge in [0.15, 0.2) is 0 Å². The maximum atomic E-state index is 11.0. The first-order chi connectivity index (χ1) is 16.0. The zero-order valence-electron chi connectivity index (χ0n) is 17.2. The van der Waals surface area contributed by atoms with Gasteiger partial charge in [-0.25, -0.2) is 5.43 Å². The molecule has 3 aromatic rings. The molecule has 0 saturated carbocycles. The van der Waals surface area contributed by atoms with Crippen molar-refractivity contribution in [1.29, 1.82) is 0 Å². The Balaban J connectivity index is 1.59. The molecule has 0 unspecified atom stereocenters. The molecule has 170 valence electrons. The van der Waals surface area contributed by atoms with Crippen molar-refractivity contribution in [3.05, 3.63) is 62.6 Å². The third-order valence-corrected chi connectivity index (χ3v) is 5.10. The number of phenolic OH excluding ortho intramolecular Hbond substituents is 1. The molecule has 33 heavy (non-hydrogen) atoms. The van der Waals surface area contributed by atoms with Crippen LogP contribution in [0.2, 0.25) is 0 Å². The molecule has 1 aliphatic heterocycles. The van der Waals surface area contributed by atoms with E-state index >= 15 is 0 Å². The predicted octanol–water partition coefficient (Wildman–Crippen LogP) is 3.27. The Morgan fingerprint density at radius 1 is 1.15 bits per heavy atom. The van der Waals surface area contributed by atoms with Crippen LogP contribution in [0.4, 0.5) is 29.2 Å². The van der Waals surface area contributed by atoms with Crippen LogP contribution < -0.4 is 15.6 Å². The number of para-hydroxylation sites is 1. The Morgan fingerprint density at radius 2 is 1.91 bits per heavy atom. The average Bonchev–Trinajstić information content (AvgIpc) is 2.80. The summed E-state index contributed by atoms with van der Waals surface area (Å²) in [6.45, 7) is 2.38. The minimum Gasteiger partial charge on any atom is -0.502 e. The zero-order chi connectivity index (χ0) is 23.2. The van der Waals surface area contributed by atoms with Gasteiger partial charge in [0.05, 0.1) is 24.4 Å². The van der Waals surface area contributed by atoms with Gasteiger partial charge in [-0.2, -0.15) is 20.1 Å². The van der Waals surface area contributed by atoms with E-state index in [0.717, 1.165) is 10.2 Å². The van der Waals surface area contributed by atoms with E-state index in [9.17, 15) is 15.2 Å². The summed E-state index contributed by atoms with van der Waals surface area (Å²) in [5.41, 5.74) is 3.25. The van der Waals surface area contributed by atoms with Crippen LogP contribution in [0.25, 0.3) is 0 Å². The van der Waals surface area contributed by atoms with Gasteiger partial charge in [0.25, 0.3) is 0 Å². The number of nitro benzene ring substituents is 1. The van der Waals surface area contributed by atoms with Gasteiger partial charge < -0.3 is 20.1 Å². The highest BCUT2D eigenvalue weighted by molar-refractivity contribution is 9.10. The Kier molecular flexibility index (Phi) is 6.90. The van der Waals surface area contributed by atoms with E-state index in [-0.39, 0.29) is 11.5 Å². The highest BCUT2D eigenvalue weighted by Crippen LogP contribution is 2.28. The lowest BCUT2D eigenvalue weighted by Crippen LogP contribution is -2.37. The summed E-state index contributed by atoms with van der Waals surface area (Å²) in [6.07, 6.45) is 1.25. The van der Waals surface area contributed by atoms with Crippen LogP contribution in [0.15, 0.2) is 52.0 Å². The Labute approximate surface area is 196 Å². The molecule has 0 bridgehead atoms. The van der Waals surface area contributed by atoms with Gasteiger partial charge in [-0.05, 0) is 24.3 Å². The van der Waals surface area contributed by atoms with Crippen molar-refractivity contribution in [2.24, 2.45) is 5.10 Å². The monoisotopic (exact) mass is 514 g/mol. The lowest BCUT2D eigenvalue weighted by Gasteiger charge is -2.27. The highest BCUT2D eigenvalue weighted by atomic mass is 79.9. The minimum atomic E-state index is -0.666. The van der Waals surface area contributed by atoms with Crippen molar-refractivity contribution >= 4 is 51.4 Å². The number of ether oxygens (including phenoxy) is 1. The van der Waals surface area contributed by atoms with Crippen molar-refractivity contribution < 1.29 is 14.8 Å². The predicted molar refractivity (Wildman–Crippen MR) is 126 cm³/mol. The maximum absolute atomic E-state index is 11.0. The molecule has 0 atom stereocenters. The molecule has 12 nitrogen and oxygen atoms in total. The lowest BCUT2D eigenvalue weighted by atomic mass is 10.2. The molecular formula is C20H19BrN8O4. The molecule has 2 heterocycles. The SMILES string of the molecule is O=[N+]([O-])c1cccc(/C=N/Nc2nc(Nc3cccc(Br)c3)nc(N3CCOCC3)n2)c1O. The molecule has 0 aliphatic carbocycles. The molecule has 1 saturated heterocycles. The largest absolute Gasteiger partial charge is 0.502 e. The van der Waals surface area contributed by atoms with Crippen LogP contribution in [0.3, 0.4) is 0 Å². The third-order valence-electron chi connectivity index (χ3n) is 4.61. The number of anilines is 4. The van der Waals surface area contributed by atoms with Crippen LogP contribution in [-0.2, 0) is 4.74 Å². The van der Waals surface area contributed by atoms with Crippen LogP contribution in [0, 0.1) is 10.1 Å². The number of hydrazone groups is 1. The Hall–Kier alpha value is -3.84. The smallest absolute Gasteiger partial charge is 0.311 e. The van der Waals surface area contributed by atoms with Gasteiger partial charge in [-0.15, -0.1) is 0 Å². The lowest BCUT2D eigenvalue weighted by molar-refractivity contribution is -0.385. The summed E-state index contributed by atoms with van der Waals surface area (Å²) in [6, 6.07) is 11.7. The van der Waals surface area contributed by atoms with Gasteiger partial charge in [0.1, 0.15) is 0 Å². The number of rotatable bonds is 7. The van der Waals surface area contributed by atoms with Gasteiger partial charge in [-0.3, -0.25) is 10.1 Å². The van der Waals surface area contributed by atoms with E-state index < -0.39 is 16.4 Å². The molecule has 0 amide bonds. The topological polar surface area (TPSA) is 151 Å². The molecule has 1 aliphatic rings. The normalized spacial score (nSPS) is 13.8. The first-order valence-electron chi connectivity index (χ1n) is 9.86. The van der Waals surface area contributed by atoms with Crippen LogP contribution in [0.1, 0.15) is 5.56 Å². The van der Waals surface area contributed by atoms with Crippen molar-refractivity contribution in [1.82, 2.24) is 15.0 Å². The summed E-state index contributed by atoms with van der Waals surface area (Å²) in [5.74, 6) is 0.432. The number of nitrogens with one attached hydrogen (secondary N) is 2. The summed E-state index contributed by atoms with van der Waals surface area (Å²) in [5, 5.41) is 28.2. The van der Waals surface area contributed by atoms with E-state index in [1.54, 1.807) is 0 Å². The Bertz CT molecular complexity index is 1190. The number of aromatic nitrogens is 3. The van der Waals surface area contributed by atoms with Crippen LogP contribution in [0.5, 0.6) is 5.75 Å². The van der Waals surface area contributed by atoms with Gasteiger partial charge in [0.2, 0.25) is 23.6 Å². The fraction of sp³-hybridized carbons (Fsp3) is 0.200. The van der Waals surface area contributed by atoms with Crippen molar-refractivity contribution in [3.63, 3.8) is 0 Å². The average molecular weight is 515 g/mol. The number of halogens is 1.